The Kier molecular flexibility index (Phi) is 16.5. The molecule has 382 valence electrons. The van der Waals surface area contributed by atoms with Crippen molar-refractivity contribution >= 4 is 36.2 Å². The molecule has 6 N–H and O–H groups in total. The van der Waals surface area contributed by atoms with Crippen LogP contribution in [0.5, 0.6) is 0 Å². The summed E-state index contributed by atoms with van der Waals surface area (Å²) in [5, 5.41) is 36.8. The molecule has 1 aromatic carbocycles. The molecule has 2 unspecified atom stereocenters. The van der Waals surface area contributed by atoms with Crippen molar-refractivity contribution in [3.8, 4) is 0 Å². The van der Waals surface area contributed by atoms with Crippen molar-refractivity contribution in [3.63, 3.8) is 0 Å². The fourth-order valence-corrected chi connectivity index (χ4v) is 9.33. The molecule has 0 bridgehead atoms. The molecule has 9 rings (SSSR count). The quantitative estimate of drug-likeness (QED) is 0.185. The zero-order valence-corrected chi connectivity index (χ0v) is 41.9. The average Bonchev–Trinajstić information content (AvgIpc) is 4.08. The maximum absolute atomic E-state index is 11.9. The fraction of sp³-hybridized carbons (Fsp3) is 0.760. The zero-order chi connectivity index (χ0) is 50.8. The van der Waals surface area contributed by atoms with E-state index in [-0.39, 0.29) is 28.4 Å². The van der Waals surface area contributed by atoms with Crippen LogP contribution in [0.4, 0.5) is 14.4 Å². The van der Waals surface area contributed by atoms with Crippen LogP contribution in [0.2, 0.25) is 0 Å². The summed E-state index contributed by atoms with van der Waals surface area (Å²) in [5.74, 6) is -2.79. The molecule has 4 heterocycles. The van der Waals surface area contributed by atoms with Crippen LogP contribution in [0.15, 0.2) is 24.3 Å². The van der Waals surface area contributed by atoms with Gasteiger partial charge in [0.15, 0.2) is 0 Å². The highest BCUT2D eigenvalue weighted by Gasteiger charge is 2.58. The van der Waals surface area contributed by atoms with Crippen LogP contribution < -0.4 is 5.73 Å². The maximum Gasteiger partial charge on any atom is 0.411 e. The van der Waals surface area contributed by atoms with E-state index < -0.39 is 71.1 Å². The van der Waals surface area contributed by atoms with E-state index in [9.17, 15) is 33.9 Å². The Labute approximate surface area is 401 Å². The van der Waals surface area contributed by atoms with E-state index in [0.717, 1.165) is 50.7 Å². The first kappa shape index (κ1) is 54.3. The standard InChI is InChI=1S/3C12H19NO4.C9H11NO.C5H10O/c3*1-11(2,3)17-10(16)13-7-12(4-5-12)6-8(13)9(14)15;10-9-7-4-2-1-3-6(7)5-8(9)11;1-5-3-2-4-6-5/h3*8H,4-7H2,1-3H3,(H,14,15);1-4,8-9,11H,5,10H2;5H,2-4H2,1H3/t2*8-;;8-,9+;/m00.1./s1. The highest BCUT2D eigenvalue weighted by molar-refractivity contribution is 5.83. The molecular formula is C50H78N4O14. The number of benzene rings is 1. The largest absolute Gasteiger partial charge is 0.480 e. The predicted molar refractivity (Wildman–Crippen MR) is 250 cm³/mol. The average molecular weight is 959 g/mol. The van der Waals surface area contributed by atoms with Gasteiger partial charge in [-0.05, 0) is 167 Å². The number of likely N-dealkylation sites (tertiary alicyclic amines) is 3. The molecule has 0 radical (unpaired) electrons. The second-order valence-corrected chi connectivity index (χ2v) is 23.3. The van der Waals surface area contributed by atoms with Crippen LogP contribution in [0.25, 0.3) is 0 Å². The number of carboxylic acid groups (broad SMARTS) is 3. The number of nitrogens with zero attached hydrogens (tertiary/aromatic N) is 3. The van der Waals surface area contributed by atoms with Crippen molar-refractivity contribution in [1.82, 2.24) is 14.7 Å². The van der Waals surface area contributed by atoms with Gasteiger partial charge in [-0.2, -0.15) is 0 Å². The Balaban J connectivity index is 0.000000164. The van der Waals surface area contributed by atoms with Crippen molar-refractivity contribution in [2.24, 2.45) is 22.0 Å². The minimum absolute atomic E-state index is 0.0694. The zero-order valence-electron chi connectivity index (χ0n) is 41.9. The van der Waals surface area contributed by atoms with Gasteiger partial charge >= 0.3 is 36.2 Å². The lowest BCUT2D eigenvalue weighted by Crippen LogP contribution is -2.43. The van der Waals surface area contributed by atoms with E-state index >= 15 is 0 Å². The third kappa shape index (κ3) is 15.2. The number of carbonyl (C=O) groups is 6. The Morgan fingerprint density at radius 3 is 1.19 bits per heavy atom. The summed E-state index contributed by atoms with van der Waals surface area (Å²) in [4.78, 5) is 73.4. The summed E-state index contributed by atoms with van der Waals surface area (Å²) in [6.07, 6.45) is 9.74. The minimum Gasteiger partial charge on any atom is -0.480 e. The molecule has 8 aliphatic rings. The molecule has 68 heavy (non-hydrogen) atoms. The van der Waals surface area contributed by atoms with Gasteiger partial charge in [-0.15, -0.1) is 0 Å². The van der Waals surface area contributed by atoms with Gasteiger partial charge in [0.1, 0.15) is 34.9 Å². The maximum atomic E-state index is 11.9. The number of amides is 3. The van der Waals surface area contributed by atoms with Crippen molar-refractivity contribution in [2.75, 3.05) is 26.2 Å². The number of aliphatic hydroxyl groups is 1. The van der Waals surface area contributed by atoms with Gasteiger partial charge in [-0.1, -0.05) is 24.3 Å². The minimum atomic E-state index is -0.931. The Morgan fingerprint density at radius 1 is 0.618 bits per heavy atom. The topological polar surface area (TPSA) is 256 Å². The molecule has 18 heteroatoms. The van der Waals surface area contributed by atoms with Gasteiger partial charge < -0.3 is 45.1 Å². The van der Waals surface area contributed by atoms with Gasteiger partial charge in [0.2, 0.25) is 0 Å². The van der Waals surface area contributed by atoms with Gasteiger partial charge in [-0.25, -0.2) is 28.8 Å². The van der Waals surface area contributed by atoms with Crippen LogP contribution in [0, 0.1) is 16.2 Å². The predicted octanol–water partition coefficient (Wildman–Crippen LogP) is 7.37. The summed E-state index contributed by atoms with van der Waals surface area (Å²) in [7, 11) is 0. The molecular weight excluding hydrogens is 881 g/mol. The lowest BCUT2D eigenvalue weighted by atomic mass is 10.0. The smallest absolute Gasteiger partial charge is 0.411 e. The van der Waals surface area contributed by atoms with E-state index in [2.05, 4.69) is 6.92 Å². The van der Waals surface area contributed by atoms with Crippen LogP contribution >= 0.6 is 0 Å². The van der Waals surface area contributed by atoms with E-state index in [1.54, 1.807) is 62.3 Å². The number of ether oxygens (including phenoxy) is 4. The molecule has 3 amide bonds. The van der Waals surface area contributed by atoms with Crippen molar-refractivity contribution in [1.29, 1.82) is 0 Å². The first-order valence-electron chi connectivity index (χ1n) is 24.2. The third-order valence-electron chi connectivity index (χ3n) is 13.6. The summed E-state index contributed by atoms with van der Waals surface area (Å²) in [6, 6.07) is 5.61. The molecule has 7 fully saturated rings. The Morgan fingerprint density at radius 2 is 0.956 bits per heavy atom. The number of carboxylic acids is 3. The fourth-order valence-electron chi connectivity index (χ4n) is 9.33. The summed E-state index contributed by atoms with van der Waals surface area (Å²) < 4.78 is 20.9. The number of rotatable bonds is 3. The van der Waals surface area contributed by atoms with Crippen molar-refractivity contribution < 1.29 is 68.1 Å². The SMILES string of the molecule is CC(C)(C)OC(=O)N1CC2(CC2)CC1C(=O)O.CC(C)(C)OC(=O)N1CC2(CC2)C[C@H]1C(=O)O.CC(C)(C)OC(=O)N1CC2(CC2)C[C@H]1C(=O)O.CC1CCCO1.N[C@H]1c2ccccc2C[C@H]1O. The van der Waals surface area contributed by atoms with Crippen LogP contribution in [0.1, 0.15) is 157 Å². The summed E-state index contributed by atoms with van der Waals surface area (Å²) in [5.41, 5.74) is 6.48. The summed E-state index contributed by atoms with van der Waals surface area (Å²) in [6.45, 7) is 20.7. The van der Waals surface area contributed by atoms with Gasteiger partial charge in [-0.3, -0.25) is 14.7 Å². The van der Waals surface area contributed by atoms with Gasteiger partial charge in [0.05, 0.1) is 18.2 Å². The van der Waals surface area contributed by atoms with E-state index in [1.165, 1.54) is 33.1 Å². The molecule has 4 aliphatic heterocycles. The van der Waals surface area contributed by atoms with Gasteiger partial charge in [0, 0.05) is 32.7 Å². The lowest BCUT2D eigenvalue weighted by molar-refractivity contribution is -0.142. The molecule has 3 spiro atoms. The molecule has 0 aromatic heterocycles. The molecule has 18 nitrogen and oxygen atoms in total. The number of hydrogen-bond acceptors (Lipinski definition) is 12. The molecule has 6 atom stereocenters. The first-order chi connectivity index (χ1) is 31.4. The second-order valence-electron chi connectivity index (χ2n) is 23.3. The van der Waals surface area contributed by atoms with Gasteiger partial charge in [0.25, 0.3) is 0 Å². The second kappa shape index (κ2) is 20.7. The third-order valence-corrected chi connectivity index (χ3v) is 13.6. The molecule has 4 aliphatic carbocycles. The number of aliphatic carboxylic acids is 3. The number of nitrogens with two attached hydrogens (primary N) is 1. The molecule has 4 saturated heterocycles. The highest BCUT2D eigenvalue weighted by atomic mass is 16.6. The molecule has 3 saturated carbocycles. The number of aliphatic hydroxyl groups excluding tert-OH is 1. The number of hydrogen-bond donors (Lipinski definition) is 5. The highest BCUT2D eigenvalue weighted by Crippen LogP contribution is 2.56. The Bertz CT molecular complexity index is 1820. The van der Waals surface area contributed by atoms with Crippen molar-refractivity contribution in [2.45, 2.75) is 199 Å². The molecule has 1 aromatic rings. The van der Waals surface area contributed by atoms with Crippen LogP contribution in [0.3, 0.4) is 0 Å². The van der Waals surface area contributed by atoms with Crippen LogP contribution in [-0.2, 0) is 39.8 Å². The summed E-state index contributed by atoms with van der Waals surface area (Å²) >= 11 is 0. The van der Waals surface area contributed by atoms with Crippen LogP contribution in [-0.4, -0.2) is 145 Å². The van der Waals surface area contributed by atoms with E-state index in [1.807, 2.05) is 24.3 Å². The first-order valence-corrected chi connectivity index (χ1v) is 24.2. The Hall–Kier alpha value is -4.68. The van der Waals surface area contributed by atoms with E-state index in [0.29, 0.717) is 51.4 Å². The van der Waals surface area contributed by atoms with E-state index in [4.69, 9.17) is 40.0 Å². The monoisotopic (exact) mass is 959 g/mol. The lowest BCUT2D eigenvalue weighted by Gasteiger charge is -2.26. The normalized spacial score (nSPS) is 27.2. The number of fused-ring (bicyclic) bond motifs is 1. The number of carbonyl (C=O) groups excluding carboxylic acids is 3. The van der Waals surface area contributed by atoms with Crippen molar-refractivity contribution in [3.05, 3.63) is 35.4 Å².